The lowest BCUT2D eigenvalue weighted by molar-refractivity contribution is -0.384. The van der Waals surface area contributed by atoms with E-state index in [-0.39, 0.29) is 40.1 Å². The standard InChI is InChI=1S/C26H44N2O5Si/c1-18(2)17-27(21-10-12-22(13-11-21)33-34(7,8)26(4,5)6)23-14-9-20(16-24(23)28(31)32)19(3)15-25(29)30/h9,14,16,18-19,21-22H,10-13,15,17H2,1-8H3,(H,29,30)/t19-,21?,22?/m1/s1. The molecule has 0 bridgehead atoms. The second kappa shape index (κ2) is 11.2. The van der Waals surface area contributed by atoms with E-state index in [0.29, 0.717) is 17.2 Å². The van der Waals surface area contributed by atoms with E-state index in [4.69, 9.17) is 9.53 Å². The van der Waals surface area contributed by atoms with E-state index in [0.717, 1.165) is 32.2 Å². The normalized spacial score (nSPS) is 20.3. The SMILES string of the molecule is CC(C)CN(c1ccc([C@H](C)CC(=O)O)cc1[N+](=O)[O-])C1CCC(O[Si](C)(C)C(C)(C)C)CC1. The summed E-state index contributed by atoms with van der Waals surface area (Å²) in [7, 11) is -1.83. The van der Waals surface area contributed by atoms with Gasteiger partial charge in [-0.05, 0) is 67.3 Å². The summed E-state index contributed by atoms with van der Waals surface area (Å²) in [5.74, 6) is -0.838. The number of carboxylic acids is 1. The molecule has 1 atom stereocenters. The summed E-state index contributed by atoms with van der Waals surface area (Å²) in [5, 5.41) is 21.3. The van der Waals surface area contributed by atoms with E-state index in [1.165, 1.54) is 0 Å². The first kappa shape index (κ1) is 28.3. The maximum absolute atomic E-state index is 12.0. The Kier molecular flexibility index (Phi) is 9.33. The van der Waals surface area contributed by atoms with Gasteiger partial charge in [-0.25, -0.2) is 0 Å². The van der Waals surface area contributed by atoms with Crippen LogP contribution in [0.25, 0.3) is 0 Å². The number of nitro benzene ring substituents is 1. The van der Waals surface area contributed by atoms with Crippen molar-refractivity contribution in [2.45, 2.75) is 110 Å². The topological polar surface area (TPSA) is 92.9 Å². The zero-order valence-electron chi connectivity index (χ0n) is 22.3. The number of hydrogen-bond acceptors (Lipinski definition) is 5. The molecule has 0 amide bonds. The van der Waals surface area contributed by atoms with Gasteiger partial charge in [-0.1, -0.05) is 47.6 Å². The molecule has 0 heterocycles. The van der Waals surface area contributed by atoms with Crippen LogP contribution in [0, 0.1) is 16.0 Å². The molecular formula is C26H44N2O5Si. The van der Waals surface area contributed by atoms with E-state index in [1.807, 2.05) is 12.1 Å². The van der Waals surface area contributed by atoms with Gasteiger partial charge in [0.25, 0.3) is 5.69 Å². The molecule has 2 rings (SSSR count). The fraction of sp³-hybridized carbons (Fsp3) is 0.731. The van der Waals surface area contributed by atoms with Crippen molar-refractivity contribution in [1.82, 2.24) is 0 Å². The predicted octanol–water partition coefficient (Wildman–Crippen LogP) is 6.97. The van der Waals surface area contributed by atoms with Gasteiger partial charge in [0.15, 0.2) is 8.32 Å². The monoisotopic (exact) mass is 492 g/mol. The van der Waals surface area contributed by atoms with Crippen LogP contribution in [0.15, 0.2) is 18.2 Å². The fourth-order valence-electron chi connectivity index (χ4n) is 4.52. The maximum Gasteiger partial charge on any atom is 0.303 e. The average molecular weight is 493 g/mol. The molecule has 8 heteroatoms. The van der Waals surface area contributed by atoms with Crippen LogP contribution in [0.4, 0.5) is 11.4 Å². The zero-order chi connectivity index (χ0) is 25.8. The number of carbonyl (C=O) groups is 1. The third kappa shape index (κ3) is 7.28. The van der Waals surface area contributed by atoms with E-state index >= 15 is 0 Å². The van der Waals surface area contributed by atoms with E-state index in [2.05, 4.69) is 52.6 Å². The van der Waals surface area contributed by atoms with Crippen molar-refractivity contribution in [2.75, 3.05) is 11.4 Å². The minimum atomic E-state index is -1.83. The summed E-state index contributed by atoms with van der Waals surface area (Å²) in [6.07, 6.45) is 4.03. The number of anilines is 1. The zero-order valence-corrected chi connectivity index (χ0v) is 23.3. The van der Waals surface area contributed by atoms with Crippen LogP contribution in [0.1, 0.15) is 85.1 Å². The summed E-state index contributed by atoms with van der Waals surface area (Å²) in [6, 6.07) is 5.48. The van der Waals surface area contributed by atoms with Crippen LogP contribution in [0.2, 0.25) is 18.1 Å². The number of hydrogen-bond donors (Lipinski definition) is 1. The van der Waals surface area contributed by atoms with Crippen molar-refractivity contribution >= 4 is 25.7 Å². The molecule has 1 aliphatic rings. The Balaban J connectivity index is 2.26. The lowest BCUT2D eigenvalue weighted by Gasteiger charge is -2.43. The van der Waals surface area contributed by atoms with E-state index in [1.54, 1.807) is 13.0 Å². The maximum atomic E-state index is 12.0. The summed E-state index contributed by atoms with van der Waals surface area (Å²) in [5.41, 5.74) is 1.39. The van der Waals surface area contributed by atoms with Gasteiger partial charge >= 0.3 is 5.97 Å². The van der Waals surface area contributed by atoms with Gasteiger partial charge in [-0.3, -0.25) is 14.9 Å². The summed E-state index contributed by atoms with van der Waals surface area (Å²) in [6.45, 7) is 18.2. The number of nitro groups is 1. The first-order valence-corrected chi connectivity index (χ1v) is 15.5. The molecule has 0 aromatic heterocycles. The first-order valence-electron chi connectivity index (χ1n) is 12.6. The summed E-state index contributed by atoms with van der Waals surface area (Å²) >= 11 is 0. The third-order valence-corrected chi connectivity index (χ3v) is 12.0. The van der Waals surface area contributed by atoms with Gasteiger partial charge in [0.05, 0.1) is 11.3 Å². The van der Waals surface area contributed by atoms with Crippen LogP contribution in [-0.2, 0) is 9.22 Å². The number of nitrogens with zero attached hydrogens (tertiary/aromatic N) is 2. The van der Waals surface area contributed by atoms with Gasteiger partial charge in [0, 0.05) is 24.8 Å². The highest BCUT2D eigenvalue weighted by atomic mass is 28.4. The van der Waals surface area contributed by atoms with Gasteiger partial charge in [-0.15, -0.1) is 0 Å². The van der Waals surface area contributed by atoms with Crippen LogP contribution >= 0.6 is 0 Å². The summed E-state index contributed by atoms with van der Waals surface area (Å²) in [4.78, 5) is 25.1. The Morgan fingerprint density at radius 2 is 1.79 bits per heavy atom. The van der Waals surface area contributed by atoms with Crippen molar-refractivity contribution in [3.05, 3.63) is 33.9 Å². The highest BCUT2D eigenvalue weighted by Gasteiger charge is 2.40. The second-order valence-corrected chi connectivity index (χ2v) is 16.6. The molecule has 1 aromatic carbocycles. The highest BCUT2D eigenvalue weighted by Crippen LogP contribution is 2.41. The molecule has 0 aliphatic heterocycles. The Morgan fingerprint density at radius 1 is 1.21 bits per heavy atom. The van der Waals surface area contributed by atoms with Crippen molar-refractivity contribution in [1.29, 1.82) is 0 Å². The summed E-state index contributed by atoms with van der Waals surface area (Å²) < 4.78 is 6.66. The third-order valence-electron chi connectivity index (χ3n) is 7.47. The molecule has 1 aliphatic carbocycles. The van der Waals surface area contributed by atoms with Crippen molar-refractivity contribution in [3.8, 4) is 0 Å². The van der Waals surface area contributed by atoms with Crippen molar-refractivity contribution in [3.63, 3.8) is 0 Å². The van der Waals surface area contributed by atoms with Gasteiger partial charge in [0.2, 0.25) is 0 Å². The van der Waals surface area contributed by atoms with Crippen LogP contribution in [0.3, 0.4) is 0 Å². The average Bonchev–Trinajstić information content (AvgIpc) is 2.70. The molecule has 34 heavy (non-hydrogen) atoms. The molecule has 0 spiro atoms. The quantitative estimate of drug-likeness (QED) is 0.215. The minimum Gasteiger partial charge on any atom is -0.481 e. The number of rotatable bonds is 10. The van der Waals surface area contributed by atoms with Crippen molar-refractivity contribution < 1.29 is 19.3 Å². The van der Waals surface area contributed by atoms with Gasteiger partial charge in [0.1, 0.15) is 5.69 Å². The van der Waals surface area contributed by atoms with Crippen LogP contribution in [-0.4, -0.2) is 43.0 Å². The molecule has 0 unspecified atom stereocenters. The fourth-order valence-corrected chi connectivity index (χ4v) is 5.94. The Hall–Kier alpha value is -1.93. The minimum absolute atomic E-state index is 0.0511. The number of benzene rings is 1. The highest BCUT2D eigenvalue weighted by molar-refractivity contribution is 6.74. The molecule has 0 saturated heterocycles. The molecule has 0 radical (unpaired) electrons. The lowest BCUT2D eigenvalue weighted by Crippen LogP contribution is -2.47. The number of aliphatic carboxylic acids is 1. The van der Waals surface area contributed by atoms with Gasteiger partial charge in [-0.2, -0.15) is 0 Å². The van der Waals surface area contributed by atoms with E-state index in [9.17, 15) is 14.9 Å². The Labute approximate surface area is 206 Å². The molecule has 1 aromatic rings. The molecule has 1 saturated carbocycles. The molecule has 7 nitrogen and oxygen atoms in total. The lowest BCUT2D eigenvalue weighted by atomic mass is 9.90. The number of carboxylic acid groups (broad SMARTS) is 1. The molecular weight excluding hydrogens is 448 g/mol. The van der Waals surface area contributed by atoms with Crippen LogP contribution in [0.5, 0.6) is 0 Å². The van der Waals surface area contributed by atoms with E-state index < -0.39 is 14.3 Å². The molecule has 192 valence electrons. The van der Waals surface area contributed by atoms with Crippen molar-refractivity contribution in [2.24, 2.45) is 5.92 Å². The predicted molar refractivity (Wildman–Crippen MR) is 140 cm³/mol. The Bertz CT molecular complexity index is 857. The molecule has 1 fully saturated rings. The van der Waals surface area contributed by atoms with Crippen LogP contribution < -0.4 is 4.90 Å². The second-order valence-electron chi connectivity index (χ2n) is 11.9. The molecule has 1 N–H and O–H groups in total. The van der Waals surface area contributed by atoms with Gasteiger partial charge < -0.3 is 14.4 Å². The first-order chi connectivity index (χ1) is 15.6. The largest absolute Gasteiger partial charge is 0.481 e. The smallest absolute Gasteiger partial charge is 0.303 e. The Morgan fingerprint density at radius 3 is 2.26 bits per heavy atom.